The van der Waals surface area contributed by atoms with Crippen LogP contribution in [0.1, 0.15) is 19.4 Å². The zero-order valence-electron chi connectivity index (χ0n) is 12.2. The van der Waals surface area contributed by atoms with E-state index in [1.807, 2.05) is 0 Å². The second kappa shape index (κ2) is 9.21. The monoisotopic (exact) mass is 426 g/mol. The molecule has 1 aromatic rings. The summed E-state index contributed by atoms with van der Waals surface area (Å²) < 4.78 is 22.2. The van der Waals surface area contributed by atoms with Gasteiger partial charge in [0.25, 0.3) is 0 Å². The molecule has 0 atom stereocenters. The molecule has 0 aliphatic carbocycles. The molecule has 6 nitrogen and oxygen atoms in total. The van der Waals surface area contributed by atoms with Gasteiger partial charge >= 0.3 is 0 Å². The highest BCUT2D eigenvalue weighted by Gasteiger charge is 2.06. The number of nitrogens with two attached hydrogens (primary N) is 2. The molecule has 5 N–H and O–H groups in total. The molecular formula is C13H23IN4O2S. The molecule has 1 aromatic carbocycles. The van der Waals surface area contributed by atoms with Crippen molar-refractivity contribution in [1.29, 1.82) is 0 Å². The van der Waals surface area contributed by atoms with E-state index in [0.29, 0.717) is 25.0 Å². The van der Waals surface area contributed by atoms with E-state index in [9.17, 15) is 8.42 Å². The van der Waals surface area contributed by atoms with Gasteiger partial charge in [-0.05, 0) is 30.0 Å². The molecule has 120 valence electrons. The van der Waals surface area contributed by atoms with E-state index in [1.165, 1.54) is 12.1 Å². The first kappa shape index (κ1) is 20.1. The zero-order chi connectivity index (χ0) is 15.2. The van der Waals surface area contributed by atoms with Crippen molar-refractivity contribution >= 4 is 40.0 Å². The number of nitrogens with zero attached hydrogens (tertiary/aromatic N) is 1. The topological polar surface area (TPSA) is 111 Å². The largest absolute Gasteiger partial charge is 0.370 e. The van der Waals surface area contributed by atoms with Crippen molar-refractivity contribution in [1.82, 2.24) is 5.32 Å². The van der Waals surface area contributed by atoms with Gasteiger partial charge in [0.2, 0.25) is 10.0 Å². The van der Waals surface area contributed by atoms with Crippen molar-refractivity contribution in [2.24, 2.45) is 21.8 Å². The lowest BCUT2D eigenvalue weighted by molar-refractivity contribution is 0.598. The van der Waals surface area contributed by atoms with Gasteiger partial charge in [-0.3, -0.25) is 4.99 Å². The van der Waals surface area contributed by atoms with Crippen LogP contribution in [0.25, 0.3) is 0 Å². The van der Waals surface area contributed by atoms with Crippen molar-refractivity contribution in [2.45, 2.75) is 25.2 Å². The maximum Gasteiger partial charge on any atom is 0.238 e. The minimum absolute atomic E-state index is 0. The summed E-state index contributed by atoms with van der Waals surface area (Å²) in [5, 5.41) is 8.05. The average molecular weight is 426 g/mol. The Hall–Kier alpha value is -0.870. The number of hydrogen-bond acceptors (Lipinski definition) is 3. The molecule has 0 saturated carbocycles. The van der Waals surface area contributed by atoms with Crippen molar-refractivity contribution in [3.63, 3.8) is 0 Å². The highest BCUT2D eigenvalue weighted by Crippen LogP contribution is 2.08. The molecule has 21 heavy (non-hydrogen) atoms. The van der Waals surface area contributed by atoms with Crippen LogP contribution in [0.3, 0.4) is 0 Å². The van der Waals surface area contributed by atoms with E-state index in [4.69, 9.17) is 10.9 Å². The highest BCUT2D eigenvalue weighted by molar-refractivity contribution is 14.0. The predicted octanol–water partition coefficient (Wildman–Crippen LogP) is 1.05. The smallest absolute Gasteiger partial charge is 0.238 e. The predicted molar refractivity (Wildman–Crippen MR) is 96.3 cm³/mol. The van der Waals surface area contributed by atoms with Gasteiger partial charge in [0.15, 0.2) is 5.96 Å². The second-order valence-electron chi connectivity index (χ2n) is 4.99. The molecule has 0 aliphatic rings. The Morgan fingerprint density at radius 3 is 2.33 bits per heavy atom. The summed E-state index contributed by atoms with van der Waals surface area (Å²) in [6, 6.07) is 6.48. The summed E-state index contributed by atoms with van der Waals surface area (Å²) in [6.45, 7) is 5.48. The van der Waals surface area contributed by atoms with Gasteiger partial charge in [0.1, 0.15) is 0 Å². The Kier molecular flexibility index (Phi) is 8.83. The van der Waals surface area contributed by atoms with Crippen molar-refractivity contribution in [3.8, 4) is 0 Å². The molecule has 0 aliphatic heterocycles. The molecule has 0 aromatic heterocycles. The van der Waals surface area contributed by atoms with E-state index >= 15 is 0 Å². The van der Waals surface area contributed by atoms with Crippen molar-refractivity contribution in [3.05, 3.63) is 29.8 Å². The maximum atomic E-state index is 11.1. The Morgan fingerprint density at radius 2 is 1.86 bits per heavy atom. The number of rotatable bonds is 6. The lowest BCUT2D eigenvalue weighted by Crippen LogP contribution is -2.33. The molecule has 0 bridgehead atoms. The molecular weight excluding hydrogens is 403 g/mol. The summed E-state index contributed by atoms with van der Waals surface area (Å²) in [6.07, 6.45) is 0.725. The fourth-order valence-electron chi connectivity index (χ4n) is 1.52. The SMILES string of the molecule is CC(C)CN=C(N)NCCc1ccc(S(N)(=O)=O)cc1.I. The summed E-state index contributed by atoms with van der Waals surface area (Å²) in [5.41, 5.74) is 6.71. The lowest BCUT2D eigenvalue weighted by Gasteiger charge is -2.07. The lowest BCUT2D eigenvalue weighted by atomic mass is 10.1. The number of nitrogens with one attached hydrogen (secondary N) is 1. The molecule has 0 unspecified atom stereocenters. The molecule has 0 spiro atoms. The molecule has 0 fully saturated rings. The van der Waals surface area contributed by atoms with Crippen LogP contribution in [0.4, 0.5) is 0 Å². The van der Waals surface area contributed by atoms with Crippen molar-refractivity contribution in [2.75, 3.05) is 13.1 Å². The number of guanidine groups is 1. The minimum Gasteiger partial charge on any atom is -0.370 e. The van der Waals surface area contributed by atoms with Crippen LogP contribution in [0.15, 0.2) is 34.2 Å². The summed E-state index contributed by atoms with van der Waals surface area (Å²) in [7, 11) is -3.62. The van der Waals surface area contributed by atoms with Gasteiger partial charge < -0.3 is 11.1 Å². The average Bonchev–Trinajstić information content (AvgIpc) is 2.36. The van der Waals surface area contributed by atoms with Crippen LogP contribution in [0, 0.1) is 5.92 Å². The van der Waals surface area contributed by atoms with Gasteiger partial charge in [-0.15, -0.1) is 24.0 Å². The van der Waals surface area contributed by atoms with Gasteiger partial charge in [-0.25, -0.2) is 13.6 Å². The van der Waals surface area contributed by atoms with Crippen LogP contribution < -0.4 is 16.2 Å². The molecule has 0 amide bonds. The Morgan fingerprint density at radius 1 is 1.29 bits per heavy atom. The van der Waals surface area contributed by atoms with E-state index in [1.54, 1.807) is 12.1 Å². The number of aliphatic imine (C=N–C) groups is 1. The van der Waals surface area contributed by atoms with Gasteiger partial charge in [0.05, 0.1) is 4.90 Å². The number of benzene rings is 1. The first-order valence-corrected chi connectivity index (χ1v) is 7.99. The van der Waals surface area contributed by atoms with Crippen LogP contribution in [-0.4, -0.2) is 27.5 Å². The molecule has 8 heteroatoms. The number of sulfonamides is 1. The fraction of sp³-hybridized carbons (Fsp3) is 0.462. The van der Waals surface area contributed by atoms with E-state index in [2.05, 4.69) is 24.2 Å². The molecule has 0 radical (unpaired) electrons. The van der Waals surface area contributed by atoms with Crippen LogP contribution >= 0.6 is 24.0 Å². The number of primary sulfonamides is 1. The third-order valence-electron chi connectivity index (χ3n) is 2.60. The normalized spacial score (nSPS) is 12.1. The Balaban J connectivity index is 0.00000400. The standard InChI is InChI=1S/C13H22N4O2S.HI/c1-10(2)9-17-13(14)16-8-7-11-3-5-12(6-4-11)20(15,18)19;/h3-6,10H,7-9H2,1-2H3,(H3,14,16,17)(H2,15,18,19);1H. The summed E-state index contributed by atoms with van der Waals surface area (Å²) in [5.74, 6) is 0.904. The fourth-order valence-corrected chi connectivity index (χ4v) is 2.03. The van der Waals surface area contributed by atoms with Gasteiger partial charge in [-0.1, -0.05) is 26.0 Å². The van der Waals surface area contributed by atoms with Crippen LogP contribution in [0.2, 0.25) is 0 Å². The number of halogens is 1. The molecule has 0 saturated heterocycles. The second-order valence-corrected chi connectivity index (χ2v) is 6.55. The van der Waals surface area contributed by atoms with E-state index < -0.39 is 10.0 Å². The maximum absolute atomic E-state index is 11.1. The van der Waals surface area contributed by atoms with Crippen LogP contribution in [0.5, 0.6) is 0 Å². The number of hydrogen-bond donors (Lipinski definition) is 3. The first-order valence-electron chi connectivity index (χ1n) is 6.44. The zero-order valence-corrected chi connectivity index (χ0v) is 15.4. The molecule has 1 rings (SSSR count). The highest BCUT2D eigenvalue weighted by atomic mass is 127. The first-order chi connectivity index (χ1) is 9.29. The van der Waals surface area contributed by atoms with Crippen molar-refractivity contribution < 1.29 is 8.42 Å². The van der Waals surface area contributed by atoms with E-state index in [-0.39, 0.29) is 28.9 Å². The van der Waals surface area contributed by atoms with Gasteiger partial charge in [-0.2, -0.15) is 0 Å². The summed E-state index contributed by atoms with van der Waals surface area (Å²) >= 11 is 0. The quantitative estimate of drug-likeness (QED) is 0.359. The van der Waals surface area contributed by atoms with E-state index in [0.717, 1.165) is 12.0 Å². The van der Waals surface area contributed by atoms with Crippen LogP contribution in [-0.2, 0) is 16.4 Å². The van der Waals surface area contributed by atoms with Gasteiger partial charge in [0, 0.05) is 13.1 Å². The third kappa shape index (κ3) is 8.22. The summed E-state index contributed by atoms with van der Waals surface area (Å²) in [4.78, 5) is 4.31. The third-order valence-corrected chi connectivity index (χ3v) is 3.53. The minimum atomic E-state index is -3.62. The molecule has 0 heterocycles. The Bertz CT molecular complexity index is 556. The Labute approximate surface area is 143 Å².